The van der Waals surface area contributed by atoms with Gasteiger partial charge in [-0.1, -0.05) is 37.9 Å². The molecule has 1 aromatic carbocycles. The van der Waals surface area contributed by atoms with E-state index in [4.69, 9.17) is 10.7 Å². The molecule has 0 aliphatic carbocycles. The fourth-order valence-electron chi connectivity index (χ4n) is 0.788. The minimum atomic E-state index is -3.62. The van der Waals surface area contributed by atoms with Crippen LogP contribution < -0.4 is 0 Å². The molecule has 1 rings (SSSR count). The van der Waals surface area contributed by atoms with Crippen LogP contribution in [0, 0.1) is 0 Å². The summed E-state index contributed by atoms with van der Waals surface area (Å²) in [7, 11) is 1.54. The molecular formula is C7H5Br2ClO2S. The number of hydrogen-bond donors (Lipinski definition) is 0. The van der Waals surface area contributed by atoms with Crippen molar-refractivity contribution in [1.82, 2.24) is 0 Å². The molecule has 0 saturated carbocycles. The van der Waals surface area contributed by atoms with Gasteiger partial charge in [-0.3, -0.25) is 0 Å². The van der Waals surface area contributed by atoms with Crippen molar-refractivity contribution in [1.29, 1.82) is 0 Å². The van der Waals surface area contributed by atoms with Gasteiger partial charge >= 0.3 is 0 Å². The van der Waals surface area contributed by atoms with E-state index in [9.17, 15) is 8.42 Å². The third-order valence-corrected chi connectivity index (χ3v) is 4.14. The van der Waals surface area contributed by atoms with Gasteiger partial charge in [0.25, 0.3) is 9.05 Å². The van der Waals surface area contributed by atoms with Gasteiger partial charge in [-0.25, -0.2) is 8.42 Å². The Morgan fingerprint density at radius 1 is 1.38 bits per heavy atom. The molecule has 0 aromatic heterocycles. The fraction of sp³-hybridized carbons (Fsp3) is 0.143. The highest BCUT2D eigenvalue weighted by molar-refractivity contribution is 9.10. The van der Waals surface area contributed by atoms with E-state index < -0.39 is 9.05 Å². The molecule has 0 heterocycles. The van der Waals surface area contributed by atoms with Crippen molar-refractivity contribution in [3.05, 3.63) is 28.2 Å². The highest BCUT2D eigenvalue weighted by atomic mass is 79.9. The summed E-state index contributed by atoms with van der Waals surface area (Å²) in [5.41, 5.74) is 0.976. The van der Waals surface area contributed by atoms with E-state index in [1.807, 2.05) is 0 Å². The van der Waals surface area contributed by atoms with Crippen LogP contribution in [0.15, 0.2) is 27.6 Å². The third kappa shape index (κ3) is 2.94. The van der Waals surface area contributed by atoms with E-state index in [1.54, 1.807) is 6.07 Å². The summed E-state index contributed by atoms with van der Waals surface area (Å²) in [5, 5.41) is 0.663. The largest absolute Gasteiger partial charge is 0.261 e. The second-order valence-corrected chi connectivity index (χ2v) is 6.31. The van der Waals surface area contributed by atoms with Gasteiger partial charge in [0.1, 0.15) is 0 Å². The van der Waals surface area contributed by atoms with Gasteiger partial charge in [0.05, 0.1) is 4.90 Å². The van der Waals surface area contributed by atoms with Gasteiger partial charge in [-0.2, -0.15) is 0 Å². The predicted octanol–water partition coefficient (Wildman–Crippen LogP) is 3.27. The molecule has 0 atom stereocenters. The summed E-state index contributed by atoms with van der Waals surface area (Å²) < 4.78 is 22.6. The summed E-state index contributed by atoms with van der Waals surface area (Å²) in [6, 6.07) is 4.66. The predicted molar refractivity (Wildman–Crippen MR) is 59.8 cm³/mol. The average Bonchev–Trinajstić information content (AvgIpc) is 2.02. The van der Waals surface area contributed by atoms with Crippen molar-refractivity contribution < 1.29 is 8.42 Å². The summed E-state index contributed by atoms with van der Waals surface area (Å²) in [6.45, 7) is 0. The molecule has 0 amide bonds. The second-order valence-electron chi connectivity index (χ2n) is 2.32. The van der Waals surface area contributed by atoms with E-state index in [2.05, 4.69) is 31.9 Å². The van der Waals surface area contributed by atoms with Crippen LogP contribution in [0.3, 0.4) is 0 Å². The van der Waals surface area contributed by atoms with Gasteiger partial charge in [-0.15, -0.1) is 0 Å². The molecule has 0 aliphatic rings. The Morgan fingerprint density at radius 2 is 2.00 bits per heavy atom. The van der Waals surface area contributed by atoms with Crippen molar-refractivity contribution in [3.63, 3.8) is 0 Å². The van der Waals surface area contributed by atoms with Crippen LogP contribution in [-0.4, -0.2) is 8.42 Å². The lowest BCUT2D eigenvalue weighted by Crippen LogP contribution is -1.91. The van der Waals surface area contributed by atoms with E-state index in [1.165, 1.54) is 12.1 Å². The highest BCUT2D eigenvalue weighted by Gasteiger charge is 2.11. The molecule has 0 spiro atoms. The van der Waals surface area contributed by atoms with Crippen molar-refractivity contribution in [2.24, 2.45) is 0 Å². The van der Waals surface area contributed by atoms with E-state index in [-0.39, 0.29) is 4.90 Å². The van der Waals surface area contributed by atoms with Gasteiger partial charge in [0.2, 0.25) is 0 Å². The quantitative estimate of drug-likeness (QED) is 0.607. The maximum absolute atomic E-state index is 10.9. The first-order valence-corrected chi connectivity index (χ1v) is 7.46. The smallest absolute Gasteiger partial charge is 0.207 e. The minimum Gasteiger partial charge on any atom is -0.207 e. The van der Waals surface area contributed by atoms with Gasteiger partial charge in [0.15, 0.2) is 0 Å². The Kier molecular flexibility index (Phi) is 3.80. The number of halogens is 3. The summed E-state index contributed by atoms with van der Waals surface area (Å²) >= 11 is 6.52. The second kappa shape index (κ2) is 4.29. The maximum atomic E-state index is 10.9. The molecule has 0 N–H and O–H groups in total. The molecule has 1 aromatic rings. The molecule has 0 unspecified atom stereocenters. The molecule has 0 saturated heterocycles. The molecule has 13 heavy (non-hydrogen) atoms. The van der Waals surface area contributed by atoms with Gasteiger partial charge < -0.3 is 0 Å². The van der Waals surface area contributed by atoms with Crippen molar-refractivity contribution in [2.75, 3.05) is 0 Å². The lowest BCUT2D eigenvalue weighted by atomic mass is 10.2. The molecular weight excluding hydrogens is 343 g/mol. The lowest BCUT2D eigenvalue weighted by molar-refractivity contribution is 0.609. The zero-order valence-corrected chi connectivity index (χ0v) is 11.0. The van der Waals surface area contributed by atoms with E-state index >= 15 is 0 Å². The van der Waals surface area contributed by atoms with E-state index in [0.717, 1.165) is 10.0 Å². The van der Waals surface area contributed by atoms with Crippen LogP contribution >= 0.6 is 42.5 Å². The summed E-state index contributed by atoms with van der Waals surface area (Å²) in [4.78, 5) is 0.103. The fourth-order valence-corrected chi connectivity index (χ4v) is 3.10. The normalized spacial score (nSPS) is 11.6. The van der Waals surface area contributed by atoms with Crippen LogP contribution in [0.4, 0.5) is 0 Å². The van der Waals surface area contributed by atoms with Gasteiger partial charge in [0, 0.05) is 20.5 Å². The third-order valence-electron chi connectivity index (χ3n) is 1.45. The van der Waals surface area contributed by atoms with Crippen molar-refractivity contribution in [3.8, 4) is 0 Å². The lowest BCUT2D eigenvalue weighted by Gasteiger charge is -2.01. The first-order valence-electron chi connectivity index (χ1n) is 3.24. The maximum Gasteiger partial charge on any atom is 0.261 e. The Balaban J connectivity index is 3.26. The monoisotopic (exact) mass is 346 g/mol. The Labute approximate surface area is 98.0 Å². The van der Waals surface area contributed by atoms with Gasteiger partial charge in [-0.05, 0) is 17.7 Å². The minimum absolute atomic E-state index is 0.103. The van der Waals surface area contributed by atoms with Crippen molar-refractivity contribution >= 4 is 51.6 Å². The Hall–Kier alpha value is 0.420. The average molecular weight is 348 g/mol. The molecule has 0 fully saturated rings. The highest BCUT2D eigenvalue weighted by Crippen LogP contribution is 2.24. The SMILES string of the molecule is O=S(=O)(Cl)c1ccc(CBr)c(Br)c1. The standard InChI is InChI=1S/C7H5Br2ClO2S/c8-4-5-1-2-6(3-7(5)9)13(10,11)12/h1-3H,4H2. The molecule has 0 bridgehead atoms. The summed E-state index contributed by atoms with van der Waals surface area (Å²) in [5.74, 6) is 0. The number of hydrogen-bond acceptors (Lipinski definition) is 2. The van der Waals surface area contributed by atoms with Crippen LogP contribution in [0.1, 0.15) is 5.56 Å². The van der Waals surface area contributed by atoms with Crippen LogP contribution in [-0.2, 0) is 14.4 Å². The zero-order valence-electron chi connectivity index (χ0n) is 6.30. The summed E-state index contributed by atoms with van der Waals surface area (Å²) in [6.07, 6.45) is 0. The number of rotatable bonds is 2. The first kappa shape index (κ1) is 11.5. The molecule has 0 radical (unpaired) electrons. The van der Waals surface area contributed by atoms with Crippen molar-refractivity contribution in [2.45, 2.75) is 10.2 Å². The molecule has 72 valence electrons. The molecule has 0 aliphatic heterocycles. The van der Waals surface area contributed by atoms with Crippen LogP contribution in [0.25, 0.3) is 0 Å². The van der Waals surface area contributed by atoms with E-state index in [0.29, 0.717) is 5.33 Å². The topological polar surface area (TPSA) is 34.1 Å². The Bertz CT molecular complexity index is 417. The Morgan fingerprint density at radius 3 is 2.38 bits per heavy atom. The number of benzene rings is 1. The number of alkyl halides is 1. The van der Waals surface area contributed by atoms with Crippen LogP contribution in [0.2, 0.25) is 0 Å². The first-order chi connectivity index (χ1) is 5.95. The zero-order chi connectivity index (χ0) is 10.1. The van der Waals surface area contributed by atoms with Crippen LogP contribution in [0.5, 0.6) is 0 Å². The molecule has 6 heteroatoms. The molecule has 2 nitrogen and oxygen atoms in total.